The number of aryl methyl sites for hydroxylation is 1. The summed E-state index contributed by atoms with van der Waals surface area (Å²) in [6.45, 7) is 1.63. The average Bonchev–Trinajstić information content (AvgIpc) is 2.36. The van der Waals surface area contributed by atoms with Gasteiger partial charge >= 0.3 is 12.0 Å². The fourth-order valence-electron chi connectivity index (χ4n) is 1.39. The molecule has 98 valence electrons. The molecule has 0 saturated heterocycles. The van der Waals surface area contributed by atoms with Crippen LogP contribution < -0.4 is 10.6 Å². The van der Waals surface area contributed by atoms with E-state index in [0.717, 1.165) is 12.0 Å². The van der Waals surface area contributed by atoms with Crippen molar-refractivity contribution in [3.8, 4) is 0 Å². The number of carboxylic acids is 1. The van der Waals surface area contributed by atoms with Crippen LogP contribution in [0, 0.1) is 0 Å². The van der Waals surface area contributed by atoms with E-state index in [1.165, 1.54) is 0 Å². The zero-order valence-corrected chi connectivity index (χ0v) is 10.0. The molecule has 0 aliphatic carbocycles. The third-order valence-corrected chi connectivity index (χ3v) is 2.39. The lowest BCUT2D eigenvalue weighted by Gasteiger charge is -2.11. The minimum Gasteiger partial charge on any atom is -0.479 e. The quantitative estimate of drug-likeness (QED) is 0.623. The molecule has 0 aliphatic rings. The van der Waals surface area contributed by atoms with E-state index in [4.69, 9.17) is 10.2 Å². The van der Waals surface area contributed by atoms with Crippen molar-refractivity contribution in [3.05, 3.63) is 29.8 Å². The Bertz CT molecular complexity index is 434. The number of aliphatic hydroxyl groups is 1. The first kappa shape index (κ1) is 14.0. The molecule has 0 aromatic heterocycles. The van der Waals surface area contributed by atoms with Gasteiger partial charge in [0.25, 0.3) is 0 Å². The standard InChI is InChI=1S/C12H16N2O4/c1-2-8-5-3-4-6-9(8)14-12(18)13-7-10(15)11(16)17/h3-6,10,15H,2,7H2,1H3,(H,16,17)(H2,13,14,18)/t10-/m0/s1. The van der Waals surface area contributed by atoms with Crippen LogP contribution >= 0.6 is 0 Å². The van der Waals surface area contributed by atoms with Crippen LogP contribution in [0.2, 0.25) is 0 Å². The summed E-state index contributed by atoms with van der Waals surface area (Å²) in [4.78, 5) is 21.8. The molecule has 0 spiro atoms. The maximum absolute atomic E-state index is 11.5. The average molecular weight is 252 g/mol. The Balaban J connectivity index is 2.52. The lowest BCUT2D eigenvalue weighted by molar-refractivity contribution is -0.146. The molecule has 0 heterocycles. The Labute approximate surface area is 105 Å². The highest BCUT2D eigenvalue weighted by Gasteiger charge is 2.14. The Morgan fingerprint density at radius 1 is 1.33 bits per heavy atom. The zero-order valence-electron chi connectivity index (χ0n) is 10.0. The van der Waals surface area contributed by atoms with Gasteiger partial charge in [0.15, 0.2) is 6.10 Å². The Morgan fingerprint density at radius 2 is 2.00 bits per heavy atom. The predicted molar refractivity (Wildman–Crippen MR) is 66.5 cm³/mol. The third kappa shape index (κ3) is 4.06. The molecule has 18 heavy (non-hydrogen) atoms. The third-order valence-electron chi connectivity index (χ3n) is 2.39. The molecule has 0 unspecified atom stereocenters. The number of carbonyl (C=O) groups excluding carboxylic acids is 1. The van der Waals surface area contributed by atoms with Crippen molar-refractivity contribution in [2.75, 3.05) is 11.9 Å². The highest BCUT2D eigenvalue weighted by atomic mass is 16.4. The van der Waals surface area contributed by atoms with E-state index >= 15 is 0 Å². The summed E-state index contributed by atoms with van der Waals surface area (Å²) in [5.41, 5.74) is 1.65. The molecule has 1 rings (SSSR count). The second kappa shape index (κ2) is 6.61. The van der Waals surface area contributed by atoms with E-state index in [1.54, 1.807) is 12.1 Å². The molecule has 1 atom stereocenters. The summed E-state index contributed by atoms with van der Waals surface area (Å²) in [7, 11) is 0. The maximum atomic E-state index is 11.5. The minimum absolute atomic E-state index is 0.338. The number of aliphatic hydroxyl groups excluding tert-OH is 1. The number of para-hydroxylation sites is 1. The van der Waals surface area contributed by atoms with Crippen LogP contribution in [0.4, 0.5) is 10.5 Å². The SMILES string of the molecule is CCc1ccccc1NC(=O)NC[C@H](O)C(=O)O. The molecule has 4 N–H and O–H groups in total. The Morgan fingerprint density at radius 3 is 2.61 bits per heavy atom. The zero-order chi connectivity index (χ0) is 13.5. The normalized spacial score (nSPS) is 11.7. The highest BCUT2D eigenvalue weighted by Crippen LogP contribution is 2.14. The molecule has 0 bridgehead atoms. The molecule has 0 aliphatic heterocycles. The lowest BCUT2D eigenvalue weighted by atomic mass is 10.1. The Kier molecular flexibility index (Phi) is 5.13. The van der Waals surface area contributed by atoms with Gasteiger partial charge < -0.3 is 20.8 Å². The van der Waals surface area contributed by atoms with Crippen LogP contribution in [0.15, 0.2) is 24.3 Å². The van der Waals surface area contributed by atoms with Gasteiger partial charge in [-0.1, -0.05) is 25.1 Å². The molecule has 6 heteroatoms. The fraction of sp³-hybridized carbons (Fsp3) is 0.333. The van der Waals surface area contributed by atoms with Gasteiger partial charge in [0.2, 0.25) is 0 Å². The first-order valence-electron chi connectivity index (χ1n) is 5.58. The number of hydrogen-bond acceptors (Lipinski definition) is 3. The van der Waals surface area contributed by atoms with Gasteiger partial charge in [0, 0.05) is 5.69 Å². The summed E-state index contributed by atoms with van der Waals surface area (Å²) in [6, 6.07) is 6.77. The van der Waals surface area contributed by atoms with Crippen LogP contribution in [-0.2, 0) is 11.2 Å². The number of carbonyl (C=O) groups is 2. The van der Waals surface area contributed by atoms with Gasteiger partial charge in [-0.3, -0.25) is 0 Å². The van der Waals surface area contributed by atoms with Gasteiger partial charge in [0.05, 0.1) is 6.54 Å². The van der Waals surface area contributed by atoms with E-state index in [2.05, 4.69) is 10.6 Å². The van der Waals surface area contributed by atoms with Crippen molar-refractivity contribution < 1.29 is 19.8 Å². The highest BCUT2D eigenvalue weighted by molar-refractivity contribution is 5.90. The second-order valence-corrected chi connectivity index (χ2v) is 3.70. The summed E-state index contributed by atoms with van der Waals surface area (Å²) < 4.78 is 0. The van der Waals surface area contributed by atoms with Gasteiger partial charge in [-0.25, -0.2) is 9.59 Å². The van der Waals surface area contributed by atoms with E-state index in [0.29, 0.717) is 5.69 Å². The number of aliphatic carboxylic acids is 1. The van der Waals surface area contributed by atoms with Gasteiger partial charge in [0.1, 0.15) is 0 Å². The number of benzene rings is 1. The smallest absolute Gasteiger partial charge is 0.334 e. The number of anilines is 1. The van der Waals surface area contributed by atoms with Gasteiger partial charge in [-0.2, -0.15) is 0 Å². The second-order valence-electron chi connectivity index (χ2n) is 3.70. The van der Waals surface area contributed by atoms with E-state index in [-0.39, 0.29) is 6.54 Å². The molecule has 1 aromatic carbocycles. The topological polar surface area (TPSA) is 98.7 Å². The van der Waals surface area contributed by atoms with Gasteiger partial charge in [-0.15, -0.1) is 0 Å². The number of hydrogen-bond donors (Lipinski definition) is 4. The summed E-state index contributed by atoms with van der Waals surface area (Å²) in [6.07, 6.45) is -0.828. The molecular weight excluding hydrogens is 236 g/mol. The van der Waals surface area contributed by atoms with E-state index in [9.17, 15) is 9.59 Å². The summed E-state index contributed by atoms with van der Waals surface area (Å²) >= 11 is 0. The van der Waals surface area contributed by atoms with Crippen molar-refractivity contribution in [2.24, 2.45) is 0 Å². The van der Waals surface area contributed by atoms with Crippen molar-refractivity contribution >= 4 is 17.7 Å². The summed E-state index contributed by atoms with van der Waals surface area (Å²) in [5, 5.41) is 22.3. The predicted octanol–water partition coefficient (Wildman–Crippen LogP) is 0.816. The molecule has 0 saturated carbocycles. The first-order valence-corrected chi connectivity index (χ1v) is 5.58. The van der Waals surface area contributed by atoms with Crippen LogP contribution in [0.5, 0.6) is 0 Å². The monoisotopic (exact) mass is 252 g/mol. The molecule has 2 amide bonds. The molecule has 1 aromatic rings. The van der Waals surface area contributed by atoms with Crippen LogP contribution in [0.25, 0.3) is 0 Å². The minimum atomic E-state index is -1.60. The maximum Gasteiger partial charge on any atom is 0.334 e. The van der Waals surface area contributed by atoms with Crippen molar-refractivity contribution in [2.45, 2.75) is 19.4 Å². The van der Waals surface area contributed by atoms with Crippen LogP contribution in [0.1, 0.15) is 12.5 Å². The van der Waals surface area contributed by atoms with Gasteiger partial charge in [-0.05, 0) is 18.1 Å². The summed E-state index contributed by atoms with van der Waals surface area (Å²) in [5.74, 6) is -1.37. The van der Waals surface area contributed by atoms with Crippen molar-refractivity contribution in [3.63, 3.8) is 0 Å². The number of urea groups is 1. The van der Waals surface area contributed by atoms with Crippen molar-refractivity contribution in [1.82, 2.24) is 5.32 Å². The van der Waals surface area contributed by atoms with Crippen molar-refractivity contribution in [1.29, 1.82) is 0 Å². The van der Waals surface area contributed by atoms with E-state index < -0.39 is 18.1 Å². The van der Waals surface area contributed by atoms with Crippen LogP contribution in [0.3, 0.4) is 0 Å². The fourth-order valence-corrected chi connectivity index (χ4v) is 1.39. The molecule has 0 fully saturated rings. The number of amides is 2. The van der Waals surface area contributed by atoms with Crippen LogP contribution in [-0.4, -0.2) is 34.9 Å². The Hall–Kier alpha value is -2.08. The number of rotatable bonds is 5. The molecule has 6 nitrogen and oxygen atoms in total. The molecule has 0 radical (unpaired) electrons. The lowest BCUT2D eigenvalue weighted by Crippen LogP contribution is -2.38. The number of nitrogens with one attached hydrogen (secondary N) is 2. The first-order chi connectivity index (χ1) is 8.54. The largest absolute Gasteiger partial charge is 0.479 e. The molecular formula is C12H16N2O4. The van der Waals surface area contributed by atoms with E-state index in [1.807, 2.05) is 19.1 Å². The number of carboxylic acid groups (broad SMARTS) is 1.